The molecule has 20 heavy (non-hydrogen) atoms. The number of hydrogen-bond donors (Lipinski definition) is 0. The van der Waals surface area contributed by atoms with Gasteiger partial charge in [-0.2, -0.15) is 0 Å². The summed E-state index contributed by atoms with van der Waals surface area (Å²) in [5.74, 6) is -2.81. The molecule has 0 aliphatic heterocycles. The maximum Gasteiger partial charge on any atom is 0.212 e. The van der Waals surface area contributed by atoms with Crippen molar-refractivity contribution in [1.29, 1.82) is 0 Å². The van der Waals surface area contributed by atoms with Crippen LogP contribution in [0.3, 0.4) is 0 Å². The first-order chi connectivity index (χ1) is 11.3. The number of nitrogens with zero attached hydrogens (tertiary/aromatic N) is 1. The highest BCUT2D eigenvalue weighted by Crippen LogP contribution is 2.29. The molecule has 1 heteroatoms. The van der Waals surface area contributed by atoms with Crippen molar-refractivity contribution in [2.75, 3.05) is 0 Å². The molecule has 0 spiro atoms. The molecule has 0 bridgehead atoms. The molecule has 0 N–H and O–H groups in total. The van der Waals surface area contributed by atoms with E-state index in [4.69, 9.17) is 6.85 Å². The highest BCUT2D eigenvalue weighted by Gasteiger charge is 2.20. The number of rotatable bonds is 3. The van der Waals surface area contributed by atoms with Gasteiger partial charge in [-0.15, -0.1) is 0 Å². The van der Waals surface area contributed by atoms with E-state index in [0.717, 1.165) is 16.8 Å². The van der Waals surface area contributed by atoms with Crippen LogP contribution in [0.2, 0.25) is 0 Å². The minimum absolute atomic E-state index is 0.368. The van der Waals surface area contributed by atoms with Gasteiger partial charge in [-0.25, -0.2) is 4.57 Å². The van der Waals surface area contributed by atoms with Crippen LogP contribution < -0.4 is 4.57 Å². The van der Waals surface area contributed by atoms with Crippen LogP contribution in [0.5, 0.6) is 0 Å². The summed E-state index contributed by atoms with van der Waals surface area (Å²) < 4.78 is 42.2. The van der Waals surface area contributed by atoms with E-state index in [-0.39, 0.29) is 0 Å². The minimum atomic E-state index is -2.48. The molecule has 0 saturated heterocycles. The van der Waals surface area contributed by atoms with E-state index in [0.29, 0.717) is 11.1 Å². The van der Waals surface area contributed by atoms with Crippen molar-refractivity contribution in [1.82, 2.24) is 0 Å². The molecule has 0 radical (unpaired) electrons. The van der Waals surface area contributed by atoms with Gasteiger partial charge >= 0.3 is 0 Å². The van der Waals surface area contributed by atoms with Crippen molar-refractivity contribution >= 4 is 0 Å². The Labute approximate surface area is 130 Å². The Morgan fingerprint density at radius 2 is 1.80 bits per heavy atom. The van der Waals surface area contributed by atoms with Crippen LogP contribution in [0.15, 0.2) is 36.5 Å². The summed E-state index contributed by atoms with van der Waals surface area (Å²) in [5, 5.41) is 0. The largest absolute Gasteiger partial charge is 0.212 e. The number of hydrogen-bond acceptors (Lipinski definition) is 0. The fourth-order valence-electron chi connectivity index (χ4n) is 2.49. The average molecular weight is 273 g/mol. The van der Waals surface area contributed by atoms with Crippen LogP contribution in [0.4, 0.5) is 0 Å². The normalized spacial score (nSPS) is 19.1. The lowest BCUT2D eigenvalue weighted by molar-refractivity contribution is -0.661. The molecule has 2 aromatic rings. The Balaban J connectivity index is 2.82. The maximum absolute atomic E-state index is 8.51. The van der Waals surface area contributed by atoms with Gasteiger partial charge in [0, 0.05) is 24.0 Å². The second-order valence-corrected chi connectivity index (χ2v) is 5.54. The lowest BCUT2D eigenvalue weighted by Gasteiger charge is -2.16. The fraction of sp³-hybridized carbons (Fsp3) is 0.421. The van der Waals surface area contributed by atoms with Gasteiger partial charge in [0.05, 0.1) is 0 Å². The van der Waals surface area contributed by atoms with Crippen molar-refractivity contribution in [3.05, 3.63) is 53.2 Å². The van der Waals surface area contributed by atoms with E-state index in [1.165, 1.54) is 6.92 Å². The van der Waals surface area contributed by atoms with Crippen LogP contribution >= 0.6 is 0 Å². The molecule has 0 amide bonds. The zero-order valence-electron chi connectivity index (χ0n) is 17.9. The number of pyridine rings is 1. The molecule has 0 fully saturated rings. The Kier molecular flexibility index (Phi) is 2.70. The summed E-state index contributed by atoms with van der Waals surface area (Å²) in [4.78, 5) is 0. The smallest absolute Gasteiger partial charge is 0.201 e. The van der Waals surface area contributed by atoms with Gasteiger partial charge in [0.25, 0.3) is 0 Å². The van der Waals surface area contributed by atoms with Crippen LogP contribution in [0, 0.1) is 6.92 Å². The topological polar surface area (TPSA) is 3.88 Å². The third-order valence-corrected chi connectivity index (χ3v) is 3.64. The molecule has 1 nitrogen and oxygen atoms in total. The Morgan fingerprint density at radius 1 is 1.10 bits per heavy atom. The first-order valence-electron chi connectivity index (χ1n) is 9.37. The molecular weight excluding hydrogens is 242 g/mol. The van der Waals surface area contributed by atoms with Crippen molar-refractivity contribution in [3.63, 3.8) is 0 Å². The van der Waals surface area contributed by atoms with Crippen molar-refractivity contribution in [2.24, 2.45) is 7.05 Å². The van der Waals surface area contributed by atoms with Crippen molar-refractivity contribution in [3.8, 4) is 11.3 Å². The van der Waals surface area contributed by atoms with Gasteiger partial charge < -0.3 is 0 Å². The van der Waals surface area contributed by atoms with Gasteiger partial charge in [0.1, 0.15) is 7.05 Å². The predicted molar refractivity (Wildman–Crippen MR) is 86.0 cm³/mol. The number of benzene rings is 1. The monoisotopic (exact) mass is 273 g/mol. The maximum atomic E-state index is 8.51. The molecule has 1 unspecified atom stereocenters. The molecule has 2 rings (SSSR count). The van der Waals surface area contributed by atoms with E-state index in [1.807, 2.05) is 48.9 Å². The van der Waals surface area contributed by atoms with Gasteiger partial charge in [-0.05, 0) is 35.9 Å². The summed E-state index contributed by atoms with van der Waals surface area (Å²) in [6.07, 6.45) is 1.70. The molecule has 1 atom stereocenters. The molecule has 1 aromatic heterocycles. The molecule has 0 aliphatic carbocycles. The third kappa shape index (κ3) is 2.77. The van der Waals surface area contributed by atoms with Crippen LogP contribution in [0.25, 0.3) is 11.3 Å². The summed E-state index contributed by atoms with van der Waals surface area (Å²) in [6, 6.07) is 9.82. The predicted octanol–water partition coefficient (Wildman–Crippen LogP) is 4.73. The number of aryl methyl sites for hydroxylation is 2. The van der Waals surface area contributed by atoms with E-state index in [1.54, 1.807) is 20.0 Å². The van der Waals surface area contributed by atoms with Crippen LogP contribution in [0.1, 0.15) is 63.0 Å². The molecule has 1 aromatic carbocycles. The van der Waals surface area contributed by atoms with E-state index in [2.05, 4.69) is 0 Å². The lowest BCUT2D eigenvalue weighted by Crippen LogP contribution is -2.32. The number of aromatic nitrogens is 1. The molecule has 0 saturated carbocycles. The highest BCUT2D eigenvalue weighted by molar-refractivity contribution is 5.62. The van der Waals surface area contributed by atoms with Crippen LogP contribution in [-0.4, -0.2) is 0 Å². The molecule has 106 valence electrons. The summed E-state index contributed by atoms with van der Waals surface area (Å²) in [5.41, 5.74) is 3.97. The minimum Gasteiger partial charge on any atom is -0.201 e. The van der Waals surface area contributed by atoms with Gasteiger partial charge in [0.2, 0.25) is 5.69 Å². The SMILES string of the molecule is [2H]C(C)(C)c1cc(-c2ccccc2C)[n+](C)cc1C([2H])(C)C([2H])([2H])[2H]. The second kappa shape index (κ2) is 5.78. The molecule has 0 aliphatic rings. The molecule has 1 heterocycles. The lowest BCUT2D eigenvalue weighted by atomic mass is 9.90. The Morgan fingerprint density at radius 3 is 2.40 bits per heavy atom. The Bertz CT molecular complexity index is 785. The standard InChI is InChI=1S/C19H26N/c1-13(2)17-11-19(16-10-8-7-9-15(16)5)20(6)12-18(17)14(3)4/h7-14H,1-6H3/q+1/i3D3,13D,14D. The van der Waals surface area contributed by atoms with Gasteiger partial charge in [0.15, 0.2) is 6.20 Å². The zero-order valence-corrected chi connectivity index (χ0v) is 12.9. The van der Waals surface area contributed by atoms with E-state index in [9.17, 15) is 0 Å². The van der Waals surface area contributed by atoms with E-state index < -0.39 is 18.6 Å². The zero-order chi connectivity index (χ0) is 19.2. The fourth-order valence-corrected chi connectivity index (χ4v) is 2.49. The average Bonchev–Trinajstić information content (AvgIpc) is 2.45. The highest BCUT2D eigenvalue weighted by atomic mass is 14.9. The molecular formula is C19H26N+. The first-order valence-corrected chi connectivity index (χ1v) is 6.87. The summed E-state index contributed by atoms with van der Waals surface area (Å²) >= 11 is 0. The van der Waals surface area contributed by atoms with Gasteiger partial charge in [-0.3, -0.25) is 0 Å². The van der Waals surface area contributed by atoms with Crippen molar-refractivity contribution < 1.29 is 11.4 Å². The first kappa shape index (κ1) is 9.33. The Hall–Kier alpha value is -1.63. The summed E-state index contributed by atoms with van der Waals surface area (Å²) in [7, 11) is 1.85. The third-order valence-electron chi connectivity index (χ3n) is 3.64. The quantitative estimate of drug-likeness (QED) is 0.712. The van der Waals surface area contributed by atoms with Gasteiger partial charge in [-0.1, -0.05) is 45.8 Å². The van der Waals surface area contributed by atoms with Crippen LogP contribution in [-0.2, 0) is 7.05 Å². The summed E-state index contributed by atoms with van der Waals surface area (Å²) in [6.45, 7) is 4.39. The second-order valence-electron chi connectivity index (χ2n) is 5.54. The van der Waals surface area contributed by atoms with Crippen molar-refractivity contribution in [2.45, 2.75) is 46.3 Å². The van der Waals surface area contributed by atoms with E-state index >= 15 is 0 Å².